The van der Waals surface area contributed by atoms with Gasteiger partial charge in [-0.1, -0.05) is 37.5 Å². The SMILES string of the molecule is CCC(C)(C)NC(=O)c1ccc(NCc2nc(C(C)C)no2)cc1Cl. The molecule has 1 aromatic heterocycles. The van der Waals surface area contributed by atoms with Crippen molar-refractivity contribution in [3.63, 3.8) is 0 Å². The van der Waals surface area contributed by atoms with Crippen LogP contribution in [-0.4, -0.2) is 21.6 Å². The van der Waals surface area contributed by atoms with Gasteiger partial charge in [-0.15, -0.1) is 0 Å². The van der Waals surface area contributed by atoms with Crippen LogP contribution in [-0.2, 0) is 6.54 Å². The summed E-state index contributed by atoms with van der Waals surface area (Å²) in [7, 11) is 0. The highest BCUT2D eigenvalue weighted by Gasteiger charge is 2.20. The van der Waals surface area contributed by atoms with Crippen molar-refractivity contribution < 1.29 is 9.32 Å². The molecular formula is C18H25ClN4O2. The van der Waals surface area contributed by atoms with Crippen LogP contribution in [0.15, 0.2) is 22.7 Å². The fourth-order valence-corrected chi connectivity index (χ4v) is 2.29. The number of carbonyl (C=O) groups is 1. The maximum atomic E-state index is 12.3. The topological polar surface area (TPSA) is 80.0 Å². The van der Waals surface area contributed by atoms with Crippen molar-refractivity contribution in [2.45, 2.75) is 59.0 Å². The Kier molecular flexibility index (Phi) is 6.06. The molecule has 0 unspecified atom stereocenters. The number of benzene rings is 1. The Balaban J connectivity index is 2.02. The number of carbonyl (C=O) groups excluding carboxylic acids is 1. The summed E-state index contributed by atoms with van der Waals surface area (Å²) in [5, 5.41) is 10.5. The Morgan fingerprint density at radius 2 is 2.08 bits per heavy atom. The second kappa shape index (κ2) is 7.87. The van der Waals surface area contributed by atoms with Crippen molar-refractivity contribution in [3.05, 3.63) is 40.5 Å². The van der Waals surface area contributed by atoms with Crippen LogP contribution in [0, 0.1) is 0 Å². The molecule has 0 radical (unpaired) electrons. The summed E-state index contributed by atoms with van der Waals surface area (Å²) in [5.74, 6) is 1.23. The Morgan fingerprint density at radius 3 is 2.64 bits per heavy atom. The van der Waals surface area contributed by atoms with Crippen molar-refractivity contribution in [2.75, 3.05) is 5.32 Å². The minimum Gasteiger partial charge on any atom is -0.376 e. The van der Waals surface area contributed by atoms with Gasteiger partial charge in [0.2, 0.25) is 5.89 Å². The summed E-state index contributed by atoms with van der Waals surface area (Å²) in [6.45, 7) is 10.4. The summed E-state index contributed by atoms with van der Waals surface area (Å²) < 4.78 is 5.19. The van der Waals surface area contributed by atoms with Gasteiger partial charge in [0.15, 0.2) is 5.82 Å². The van der Waals surface area contributed by atoms with E-state index in [-0.39, 0.29) is 17.4 Å². The molecule has 2 rings (SSSR count). The van der Waals surface area contributed by atoms with E-state index >= 15 is 0 Å². The van der Waals surface area contributed by atoms with Crippen LogP contribution in [0.4, 0.5) is 5.69 Å². The highest BCUT2D eigenvalue weighted by molar-refractivity contribution is 6.34. The number of hydrogen-bond donors (Lipinski definition) is 2. The largest absolute Gasteiger partial charge is 0.376 e. The van der Waals surface area contributed by atoms with Gasteiger partial charge in [0.05, 0.1) is 17.1 Å². The van der Waals surface area contributed by atoms with E-state index in [9.17, 15) is 4.79 Å². The third-order valence-electron chi connectivity index (χ3n) is 3.99. The molecule has 7 heteroatoms. The van der Waals surface area contributed by atoms with Crippen molar-refractivity contribution in [3.8, 4) is 0 Å². The van der Waals surface area contributed by atoms with Gasteiger partial charge >= 0.3 is 0 Å². The Hall–Kier alpha value is -2.08. The van der Waals surface area contributed by atoms with Crippen LogP contribution in [0.25, 0.3) is 0 Å². The van der Waals surface area contributed by atoms with Gasteiger partial charge in [0.25, 0.3) is 5.91 Å². The fraction of sp³-hybridized carbons (Fsp3) is 0.500. The lowest BCUT2D eigenvalue weighted by atomic mass is 10.0. The average molecular weight is 365 g/mol. The molecule has 1 aromatic carbocycles. The number of halogens is 1. The molecule has 0 aliphatic heterocycles. The molecule has 0 aliphatic carbocycles. The number of hydrogen-bond acceptors (Lipinski definition) is 5. The van der Waals surface area contributed by atoms with Crippen LogP contribution in [0.5, 0.6) is 0 Å². The summed E-state index contributed by atoms with van der Waals surface area (Å²) in [4.78, 5) is 16.7. The van der Waals surface area contributed by atoms with Gasteiger partial charge in [0, 0.05) is 17.1 Å². The van der Waals surface area contributed by atoms with E-state index in [2.05, 4.69) is 20.8 Å². The first-order valence-electron chi connectivity index (χ1n) is 8.40. The average Bonchev–Trinajstić information content (AvgIpc) is 3.01. The van der Waals surface area contributed by atoms with Crippen molar-refractivity contribution >= 4 is 23.2 Å². The predicted molar refractivity (Wildman–Crippen MR) is 99.0 cm³/mol. The molecule has 1 heterocycles. The van der Waals surface area contributed by atoms with Crippen molar-refractivity contribution in [2.24, 2.45) is 0 Å². The fourth-order valence-electron chi connectivity index (χ4n) is 2.02. The van der Waals surface area contributed by atoms with Crippen molar-refractivity contribution in [1.82, 2.24) is 15.5 Å². The standard InChI is InChI=1S/C18H25ClN4O2/c1-6-18(4,5)22-17(24)13-8-7-12(9-14(13)19)20-10-15-21-16(11(2)3)23-25-15/h7-9,11,20H,6,10H2,1-5H3,(H,22,24). The second-order valence-corrected chi connectivity index (χ2v) is 7.35. The molecule has 0 saturated carbocycles. The first-order valence-corrected chi connectivity index (χ1v) is 8.78. The van der Waals surface area contributed by atoms with E-state index in [4.69, 9.17) is 16.1 Å². The van der Waals surface area contributed by atoms with Crippen LogP contribution in [0.1, 0.15) is 69.0 Å². The van der Waals surface area contributed by atoms with Gasteiger partial charge in [-0.25, -0.2) is 0 Å². The van der Waals surface area contributed by atoms with E-state index in [0.717, 1.165) is 12.1 Å². The Morgan fingerprint density at radius 1 is 1.36 bits per heavy atom. The number of aromatic nitrogens is 2. The van der Waals surface area contributed by atoms with Gasteiger partial charge in [-0.3, -0.25) is 4.79 Å². The second-order valence-electron chi connectivity index (χ2n) is 6.94. The van der Waals surface area contributed by atoms with Crippen LogP contribution < -0.4 is 10.6 Å². The van der Waals surface area contributed by atoms with Gasteiger partial charge in [0.1, 0.15) is 0 Å². The Bertz CT molecular complexity index is 740. The molecule has 0 aliphatic rings. The molecule has 2 aromatic rings. The molecule has 0 spiro atoms. The highest BCUT2D eigenvalue weighted by atomic mass is 35.5. The molecule has 0 bridgehead atoms. The zero-order chi connectivity index (χ0) is 18.6. The van der Waals surface area contributed by atoms with E-state index in [1.165, 1.54) is 0 Å². The van der Waals surface area contributed by atoms with E-state index in [0.29, 0.717) is 28.8 Å². The van der Waals surface area contributed by atoms with E-state index < -0.39 is 0 Å². The molecule has 2 N–H and O–H groups in total. The molecule has 0 atom stereocenters. The van der Waals surface area contributed by atoms with Gasteiger partial charge in [-0.05, 0) is 38.5 Å². The minimum atomic E-state index is -0.274. The monoisotopic (exact) mass is 364 g/mol. The molecule has 6 nitrogen and oxygen atoms in total. The van der Waals surface area contributed by atoms with Crippen molar-refractivity contribution in [1.29, 1.82) is 0 Å². The highest BCUT2D eigenvalue weighted by Crippen LogP contribution is 2.22. The number of nitrogens with one attached hydrogen (secondary N) is 2. The summed E-state index contributed by atoms with van der Waals surface area (Å²) in [6.07, 6.45) is 0.832. The summed E-state index contributed by atoms with van der Waals surface area (Å²) in [6, 6.07) is 5.23. The Labute approximate surface area is 153 Å². The third-order valence-corrected chi connectivity index (χ3v) is 4.31. The van der Waals surface area contributed by atoms with Crippen LogP contribution in [0.3, 0.4) is 0 Å². The lowest BCUT2D eigenvalue weighted by molar-refractivity contribution is 0.0911. The third kappa shape index (κ3) is 5.19. The number of anilines is 1. The minimum absolute atomic E-state index is 0.179. The maximum Gasteiger partial charge on any atom is 0.253 e. The van der Waals surface area contributed by atoms with Gasteiger partial charge in [-0.2, -0.15) is 4.98 Å². The maximum absolute atomic E-state index is 12.3. The lowest BCUT2D eigenvalue weighted by Crippen LogP contribution is -2.42. The number of nitrogens with zero attached hydrogens (tertiary/aromatic N) is 2. The molecule has 0 saturated heterocycles. The van der Waals surface area contributed by atoms with Gasteiger partial charge < -0.3 is 15.2 Å². The van der Waals surface area contributed by atoms with E-state index in [1.807, 2.05) is 34.6 Å². The van der Waals surface area contributed by atoms with Crippen LogP contribution >= 0.6 is 11.6 Å². The first kappa shape index (κ1) is 19.2. The predicted octanol–water partition coefficient (Wildman–Crippen LogP) is 4.38. The first-order chi connectivity index (χ1) is 11.7. The molecule has 136 valence electrons. The smallest absolute Gasteiger partial charge is 0.253 e. The molecule has 25 heavy (non-hydrogen) atoms. The normalized spacial score (nSPS) is 11.6. The quantitative estimate of drug-likeness (QED) is 0.762. The molecular weight excluding hydrogens is 340 g/mol. The zero-order valence-electron chi connectivity index (χ0n) is 15.3. The van der Waals surface area contributed by atoms with E-state index in [1.54, 1.807) is 18.2 Å². The molecule has 1 amide bonds. The number of amides is 1. The lowest BCUT2D eigenvalue weighted by Gasteiger charge is -2.24. The summed E-state index contributed by atoms with van der Waals surface area (Å²) >= 11 is 6.27. The summed E-state index contributed by atoms with van der Waals surface area (Å²) in [5.41, 5.74) is 0.956. The number of rotatable bonds is 7. The molecule has 0 fully saturated rings. The zero-order valence-corrected chi connectivity index (χ0v) is 16.1. The van der Waals surface area contributed by atoms with Crippen LogP contribution in [0.2, 0.25) is 5.02 Å².